The number of likely N-dealkylation sites (N-methyl/N-ethyl adjacent to an activating group) is 1. The lowest BCUT2D eigenvalue weighted by molar-refractivity contribution is 0.0954. The molecule has 2 N–H and O–H groups in total. The normalized spacial score (nSPS) is 12.2. The summed E-state index contributed by atoms with van der Waals surface area (Å²) in [5.41, 5.74) is 1.07. The van der Waals surface area contributed by atoms with E-state index in [1.54, 1.807) is 0 Å². The third kappa shape index (κ3) is 3.82. The number of amides is 1. The monoisotopic (exact) mass is 308 g/mol. The number of carbonyl (C=O) groups excluding carboxylic acids is 1. The van der Waals surface area contributed by atoms with Gasteiger partial charge < -0.3 is 10.6 Å². The minimum atomic E-state index is -0.0303. The zero-order valence-corrected chi connectivity index (χ0v) is 13.0. The molecule has 1 amide bonds. The van der Waals surface area contributed by atoms with Gasteiger partial charge in [0.2, 0.25) is 0 Å². The van der Waals surface area contributed by atoms with Crippen LogP contribution in [0.5, 0.6) is 0 Å². The first-order valence-electron chi connectivity index (χ1n) is 6.41. The molecule has 0 aliphatic rings. The summed E-state index contributed by atoms with van der Waals surface area (Å²) < 4.78 is 0. The van der Waals surface area contributed by atoms with Crippen molar-refractivity contribution in [2.45, 2.75) is 13.0 Å². The Morgan fingerprint density at radius 1 is 1.25 bits per heavy atom. The van der Waals surface area contributed by atoms with Crippen molar-refractivity contribution in [3.63, 3.8) is 0 Å². The van der Waals surface area contributed by atoms with Crippen molar-refractivity contribution in [1.29, 1.82) is 0 Å². The van der Waals surface area contributed by atoms with Crippen LogP contribution >= 0.6 is 22.9 Å². The van der Waals surface area contributed by atoms with Gasteiger partial charge in [-0.25, -0.2) is 0 Å². The van der Waals surface area contributed by atoms with Gasteiger partial charge in [0.05, 0.1) is 4.88 Å². The van der Waals surface area contributed by atoms with E-state index < -0.39 is 0 Å². The quantitative estimate of drug-likeness (QED) is 0.889. The summed E-state index contributed by atoms with van der Waals surface area (Å²) in [7, 11) is 1.88. The molecule has 20 heavy (non-hydrogen) atoms. The Bertz CT molecular complexity index is 580. The highest BCUT2D eigenvalue weighted by Crippen LogP contribution is 2.28. The fraction of sp³-hybridized carbons (Fsp3) is 0.267. The lowest BCUT2D eigenvalue weighted by Crippen LogP contribution is -2.36. The number of benzene rings is 1. The lowest BCUT2D eigenvalue weighted by atomic mass is 10.2. The molecule has 0 spiro atoms. The Labute approximate surface area is 128 Å². The zero-order chi connectivity index (χ0) is 14.5. The number of carbonyl (C=O) groups is 1. The van der Waals surface area contributed by atoms with Crippen LogP contribution in [-0.2, 0) is 0 Å². The van der Waals surface area contributed by atoms with Crippen molar-refractivity contribution in [1.82, 2.24) is 10.6 Å². The molecule has 1 aromatic heterocycles. The summed E-state index contributed by atoms with van der Waals surface area (Å²) in [4.78, 5) is 13.8. The van der Waals surface area contributed by atoms with E-state index in [1.165, 1.54) is 11.3 Å². The molecule has 2 aromatic rings. The Hall–Kier alpha value is -1.36. The van der Waals surface area contributed by atoms with Gasteiger partial charge in [0.15, 0.2) is 0 Å². The molecule has 0 radical (unpaired) electrons. The van der Waals surface area contributed by atoms with Crippen molar-refractivity contribution < 1.29 is 4.79 Å². The first kappa shape index (κ1) is 15.0. The van der Waals surface area contributed by atoms with Gasteiger partial charge in [-0.05, 0) is 43.8 Å². The Morgan fingerprint density at radius 2 is 1.95 bits per heavy atom. The highest BCUT2D eigenvalue weighted by atomic mass is 35.5. The van der Waals surface area contributed by atoms with Crippen LogP contribution in [0.1, 0.15) is 16.6 Å². The molecule has 2 rings (SSSR count). The van der Waals surface area contributed by atoms with E-state index in [-0.39, 0.29) is 11.9 Å². The van der Waals surface area contributed by atoms with E-state index >= 15 is 0 Å². The second-order valence-corrected chi connectivity index (χ2v) is 6.09. The maximum absolute atomic E-state index is 12.0. The molecule has 0 aliphatic heterocycles. The van der Waals surface area contributed by atoms with Gasteiger partial charge in [-0.1, -0.05) is 23.7 Å². The van der Waals surface area contributed by atoms with Crippen molar-refractivity contribution >= 4 is 28.8 Å². The van der Waals surface area contributed by atoms with Crippen LogP contribution in [0.3, 0.4) is 0 Å². The summed E-state index contributed by atoms with van der Waals surface area (Å²) in [6.45, 7) is 2.64. The van der Waals surface area contributed by atoms with Crippen molar-refractivity contribution in [2.24, 2.45) is 0 Å². The zero-order valence-electron chi connectivity index (χ0n) is 11.4. The van der Waals surface area contributed by atoms with Crippen molar-refractivity contribution in [3.05, 3.63) is 46.3 Å². The van der Waals surface area contributed by atoms with Gasteiger partial charge in [-0.3, -0.25) is 4.79 Å². The van der Waals surface area contributed by atoms with Gasteiger partial charge in [0.25, 0.3) is 5.91 Å². The first-order valence-corrected chi connectivity index (χ1v) is 7.61. The number of hydrogen-bond donors (Lipinski definition) is 2. The SMILES string of the molecule is CNC(C)CNC(=O)c1ccc(-c2ccc(Cl)cc2)s1. The van der Waals surface area contributed by atoms with Crippen LogP contribution in [-0.4, -0.2) is 25.5 Å². The fourth-order valence-electron chi connectivity index (χ4n) is 1.66. The predicted molar refractivity (Wildman–Crippen MR) is 85.6 cm³/mol. The lowest BCUT2D eigenvalue weighted by Gasteiger charge is -2.10. The smallest absolute Gasteiger partial charge is 0.261 e. The summed E-state index contributed by atoms with van der Waals surface area (Å²) >= 11 is 7.36. The number of nitrogens with one attached hydrogen (secondary N) is 2. The van der Waals surface area contributed by atoms with E-state index in [2.05, 4.69) is 10.6 Å². The molecular formula is C15H17ClN2OS. The Morgan fingerprint density at radius 3 is 2.60 bits per heavy atom. The van der Waals surface area contributed by atoms with E-state index in [9.17, 15) is 4.79 Å². The first-order chi connectivity index (χ1) is 9.60. The molecule has 0 saturated heterocycles. The van der Waals surface area contributed by atoms with Crippen molar-refractivity contribution in [3.8, 4) is 10.4 Å². The molecule has 3 nitrogen and oxygen atoms in total. The Balaban J connectivity index is 2.05. The minimum absolute atomic E-state index is 0.0303. The Kier molecular flexibility index (Phi) is 5.17. The third-order valence-electron chi connectivity index (χ3n) is 3.02. The van der Waals surface area contributed by atoms with E-state index in [4.69, 9.17) is 11.6 Å². The number of halogens is 1. The molecule has 106 valence electrons. The summed E-state index contributed by atoms with van der Waals surface area (Å²) in [6.07, 6.45) is 0. The van der Waals surface area contributed by atoms with Crippen LogP contribution in [0.25, 0.3) is 10.4 Å². The molecule has 1 atom stereocenters. The number of thiophene rings is 1. The van der Waals surface area contributed by atoms with Crippen LogP contribution in [0.4, 0.5) is 0 Å². The second-order valence-electron chi connectivity index (χ2n) is 4.57. The van der Waals surface area contributed by atoms with E-state index in [1.807, 2.05) is 50.4 Å². The molecule has 0 aliphatic carbocycles. The van der Waals surface area contributed by atoms with Gasteiger partial charge >= 0.3 is 0 Å². The largest absolute Gasteiger partial charge is 0.350 e. The predicted octanol–water partition coefficient (Wildman–Crippen LogP) is 3.41. The topological polar surface area (TPSA) is 41.1 Å². The van der Waals surface area contributed by atoms with Gasteiger partial charge in [-0.15, -0.1) is 11.3 Å². The van der Waals surface area contributed by atoms with Crippen LogP contribution in [0.15, 0.2) is 36.4 Å². The second kappa shape index (κ2) is 6.88. The number of rotatable bonds is 5. The van der Waals surface area contributed by atoms with Crippen molar-refractivity contribution in [2.75, 3.05) is 13.6 Å². The summed E-state index contributed by atoms with van der Waals surface area (Å²) in [5, 5.41) is 6.71. The molecule has 1 heterocycles. The third-order valence-corrected chi connectivity index (χ3v) is 4.41. The van der Waals surface area contributed by atoms with Crippen LogP contribution in [0.2, 0.25) is 5.02 Å². The highest BCUT2D eigenvalue weighted by Gasteiger charge is 2.10. The fourth-order valence-corrected chi connectivity index (χ4v) is 2.72. The molecular weight excluding hydrogens is 292 g/mol. The van der Waals surface area contributed by atoms with Gasteiger partial charge in [-0.2, -0.15) is 0 Å². The molecule has 0 bridgehead atoms. The highest BCUT2D eigenvalue weighted by molar-refractivity contribution is 7.17. The summed E-state index contributed by atoms with van der Waals surface area (Å²) in [6, 6.07) is 11.7. The molecule has 0 fully saturated rings. The standard InChI is InChI=1S/C15H17ClN2OS/c1-10(17-2)9-18-15(19)14-8-7-13(20-14)11-3-5-12(16)6-4-11/h3-8,10,17H,9H2,1-2H3,(H,18,19). The molecule has 0 saturated carbocycles. The summed E-state index contributed by atoms with van der Waals surface area (Å²) in [5.74, 6) is -0.0303. The molecule has 5 heteroatoms. The van der Waals surface area contributed by atoms with Crippen LogP contribution < -0.4 is 10.6 Å². The molecule has 1 unspecified atom stereocenters. The maximum Gasteiger partial charge on any atom is 0.261 e. The van der Waals surface area contributed by atoms with Gasteiger partial charge in [0, 0.05) is 22.5 Å². The maximum atomic E-state index is 12.0. The average Bonchev–Trinajstić information content (AvgIpc) is 2.95. The molecule has 1 aromatic carbocycles. The average molecular weight is 309 g/mol. The van der Waals surface area contributed by atoms with E-state index in [0.717, 1.165) is 15.3 Å². The van der Waals surface area contributed by atoms with Crippen LogP contribution in [0, 0.1) is 0 Å². The van der Waals surface area contributed by atoms with Gasteiger partial charge in [0.1, 0.15) is 0 Å². The van der Waals surface area contributed by atoms with E-state index in [0.29, 0.717) is 11.6 Å². The number of hydrogen-bond acceptors (Lipinski definition) is 3. The minimum Gasteiger partial charge on any atom is -0.350 e.